The van der Waals surface area contributed by atoms with E-state index in [4.69, 9.17) is 5.73 Å². The maximum Gasteiger partial charge on any atom is 0.229 e. The van der Waals surface area contributed by atoms with Gasteiger partial charge in [-0.15, -0.1) is 12.4 Å². The van der Waals surface area contributed by atoms with Gasteiger partial charge in [-0.05, 0) is 38.2 Å². The quantitative estimate of drug-likeness (QED) is 0.932. The molecule has 0 spiro atoms. The summed E-state index contributed by atoms with van der Waals surface area (Å²) in [4.78, 5) is 14.5. The molecular weight excluding hydrogens is 272 g/mol. The number of rotatable bonds is 3. The number of carbonyl (C=O) groups excluding carboxylic acids is 1. The third-order valence-electron chi connectivity index (χ3n) is 4.26. The van der Waals surface area contributed by atoms with Crippen molar-refractivity contribution in [3.8, 4) is 0 Å². The number of hydrogen-bond donors (Lipinski definition) is 1. The summed E-state index contributed by atoms with van der Waals surface area (Å²) in [5.41, 5.74) is 7.04. The third-order valence-corrected chi connectivity index (χ3v) is 4.26. The molecule has 0 radical (unpaired) electrons. The molecule has 3 nitrogen and oxygen atoms in total. The van der Waals surface area contributed by atoms with Crippen LogP contribution in [0.3, 0.4) is 0 Å². The van der Waals surface area contributed by atoms with Gasteiger partial charge in [-0.3, -0.25) is 4.79 Å². The lowest BCUT2D eigenvalue weighted by atomic mass is 9.90. The highest BCUT2D eigenvalue weighted by atomic mass is 35.5. The highest BCUT2D eigenvalue weighted by molar-refractivity contribution is 5.85. The topological polar surface area (TPSA) is 46.3 Å². The second-order valence-electron chi connectivity index (χ2n) is 5.65. The molecule has 0 bridgehead atoms. The molecule has 1 aromatic rings. The number of amides is 1. The van der Waals surface area contributed by atoms with Gasteiger partial charge in [-0.25, -0.2) is 0 Å². The van der Waals surface area contributed by atoms with Crippen LogP contribution in [-0.4, -0.2) is 29.9 Å². The minimum absolute atomic E-state index is 0. The van der Waals surface area contributed by atoms with E-state index in [1.807, 2.05) is 42.2 Å². The fourth-order valence-corrected chi connectivity index (χ4v) is 2.80. The van der Waals surface area contributed by atoms with Gasteiger partial charge in [0.05, 0.1) is 5.92 Å². The van der Waals surface area contributed by atoms with Crippen LogP contribution in [0.4, 0.5) is 0 Å². The van der Waals surface area contributed by atoms with E-state index in [0.29, 0.717) is 5.92 Å². The van der Waals surface area contributed by atoms with E-state index in [1.165, 1.54) is 0 Å². The van der Waals surface area contributed by atoms with Gasteiger partial charge in [0.1, 0.15) is 0 Å². The molecule has 2 N–H and O–H groups in total. The van der Waals surface area contributed by atoms with Crippen LogP contribution in [0.5, 0.6) is 0 Å². The van der Waals surface area contributed by atoms with Gasteiger partial charge in [0.25, 0.3) is 0 Å². The molecule has 1 saturated heterocycles. The first-order valence-corrected chi connectivity index (χ1v) is 7.19. The van der Waals surface area contributed by atoms with Crippen LogP contribution < -0.4 is 5.73 Å². The number of carbonyl (C=O) groups is 1. The first kappa shape index (κ1) is 17.0. The molecule has 1 amide bonds. The Hall–Kier alpha value is -1.06. The van der Waals surface area contributed by atoms with E-state index in [0.717, 1.165) is 31.5 Å². The summed E-state index contributed by atoms with van der Waals surface area (Å²) >= 11 is 0. The largest absolute Gasteiger partial charge is 0.342 e. The van der Waals surface area contributed by atoms with Crippen molar-refractivity contribution in [2.75, 3.05) is 13.1 Å². The number of hydrogen-bond acceptors (Lipinski definition) is 2. The summed E-state index contributed by atoms with van der Waals surface area (Å²) in [6.07, 6.45) is 2.07. The molecular formula is C16H25ClN2O. The summed E-state index contributed by atoms with van der Waals surface area (Å²) in [6.45, 7) is 5.76. The first-order valence-electron chi connectivity index (χ1n) is 7.19. The molecule has 4 heteroatoms. The molecule has 1 aliphatic rings. The number of piperidine rings is 1. The van der Waals surface area contributed by atoms with Gasteiger partial charge in [-0.1, -0.05) is 30.3 Å². The van der Waals surface area contributed by atoms with Crippen molar-refractivity contribution in [1.29, 1.82) is 0 Å². The maximum atomic E-state index is 12.5. The monoisotopic (exact) mass is 296 g/mol. The van der Waals surface area contributed by atoms with Crippen molar-refractivity contribution in [3.05, 3.63) is 35.9 Å². The molecule has 0 aromatic heterocycles. The SMILES string of the molecule is CC(C(=O)N1CCC(C(C)N)CC1)c1ccccc1.Cl. The van der Waals surface area contributed by atoms with Gasteiger partial charge in [0.15, 0.2) is 0 Å². The summed E-state index contributed by atoms with van der Waals surface area (Å²) in [6, 6.07) is 10.2. The van der Waals surface area contributed by atoms with E-state index >= 15 is 0 Å². The Kier molecular flexibility index (Phi) is 6.50. The van der Waals surface area contributed by atoms with Gasteiger partial charge in [0, 0.05) is 19.1 Å². The van der Waals surface area contributed by atoms with Crippen LogP contribution in [0, 0.1) is 5.92 Å². The summed E-state index contributed by atoms with van der Waals surface area (Å²) in [5, 5.41) is 0. The molecule has 0 aliphatic carbocycles. The van der Waals surface area contributed by atoms with Gasteiger partial charge in [-0.2, -0.15) is 0 Å². The molecule has 2 unspecified atom stereocenters. The number of likely N-dealkylation sites (tertiary alicyclic amines) is 1. The minimum atomic E-state index is -0.0481. The van der Waals surface area contributed by atoms with E-state index in [9.17, 15) is 4.79 Å². The Morgan fingerprint density at radius 1 is 1.20 bits per heavy atom. The van der Waals surface area contributed by atoms with Crippen molar-refractivity contribution in [2.24, 2.45) is 11.7 Å². The molecule has 2 rings (SSSR count). The van der Waals surface area contributed by atoms with Crippen molar-refractivity contribution in [2.45, 2.75) is 38.6 Å². The summed E-state index contributed by atoms with van der Waals surface area (Å²) in [7, 11) is 0. The number of nitrogens with zero attached hydrogens (tertiary/aromatic N) is 1. The predicted octanol–water partition coefficient (Wildman–Crippen LogP) is 2.80. The Bertz CT molecular complexity index is 414. The van der Waals surface area contributed by atoms with E-state index in [2.05, 4.69) is 6.92 Å². The zero-order chi connectivity index (χ0) is 13.8. The van der Waals surface area contributed by atoms with Crippen molar-refractivity contribution >= 4 is 18.3 Å². The number of nitrogens with two attached hydrogens (primary N) is 1. The van der Waals surface area contributed by atoms with Crippen molar-refractivity contribution < 1.29 is 4.79 Å². The lowest BCUT2D eigenvalue weighted by molar-refractivity contribution is -0.133. The standard InChI is InChI=1S/C16H24N2O.ClH/c1-12(14-6-4-3-5-7-14)16(19)18-10-8-15(9-11-18)13(2)17;/h3-7,12-13,15H,8-11,17H2,1-2H3;1H. The molecule has 0 saturated carbocycles. The summed E-state index contributed by atoms with van der Waals surface area (Å²) in [5.74, 6) is 0.762. The fourth-order valence-electron chi connectivity index (χ4n) is 2.80. The highest BCUT2D eigenvalue weighted by Gasteiger charge is 2.27. The van der Waals surface area contributed by atoms with E-state index in [1.54, 1.807) is 0 Å². The molecule has 2 atom stereocenters. The zero-order valence-corrected chi connectivity index (χ0v) is 13.1. The van der Waals surface area contributed by atoms with Crippen LogP contribution >= 0.6 is 12.4 Å². The molecule has 1 aromatic carbocycles. The first-order chi connectivity index (χ1) is 9.09. The van der Waals surface area contributed by atoms with E-state index < -0.39 is 0 Å². The lowest BCUT2D eigenvalue weighted by Crippen LogP contribution is -2.43. The van der Waals surface area contributed by atoms with E-state index in [-0.39, 0.29) is 30.3 Å². The smallest absolute Gasteiger partial charge is 0.229 e. The van der Waals surface area contributed by atoms with Crippen molar-refractivity contribution in [3.63, 3.8) is 0 Å². The Morgan fingerprint density at radius 2 is 1.75 bits per heavy atom. The predicted molar refractivity (Wildman–Crippen MR) is 85.1 cm³/mol. The Labute approximate surface area is 127 Å². The molecule has 1 heterocycles. The van der Waals surface area contributed by atoms with Crippen LogP contribution in [0.2, 0.25) is 0 Å². The molecule has 1 fully saturated rings. The average molecular weight is 297 g/mol. The van der Waals surface area contributed by atoms with Crippen molar-refractivity contribution in [1.82, 2.24) is 4.90 Å². The Morgan fingerprint density at radius 3 is 2.25 bits per heavy atom. The summed E-state index contributed by atoms with van der Waals surface area (Å²) < 4.78 is 0. The van der Waals surface area contributed by atoms with Gasteiger partial charge in [0.2, 0.25) is 5.91 Å². The Balaban J connectivity index is 0.00000200. The maximum absolute atomic E-state index is 12.5. The molecule has 112 valence electrons. The number of benzene rings is 1. The number of halogens is 1. The normalized spacial score (nSPS) is 19.1. The molecule has 20 heavy (non-hydrogen) atoms. The second-order valence-corrected chi connectivity index (χ2v) is 5.65. The van der Waals surface area contributed by atoms with Crippen LogP contribution in [-0.2, 0) is 4.79 Å². The average Bonchev–Trinajstić information content (AvgIpc) is 2.46. The van der Waals surface area contributed by atoms with Gasteiger partial charge >= 0.3 is 0 Å². The van der Waals surface area contributed by atoms with Crippen LogP contribution in [0.25, 0.3) is 0 Å². The molecule has 1 aliphatic heterocycles. The second kappa shape index (κ2) is 7.65. The van der Waals surface area contributed by atoms with Crippen LogP contribution in [0.15, 0.2) is 30.3 Å². The minimum Gasteiger partial charge on any atom is -0.342 e. The van der Waals surface area contributed by atoms with Crippen LogP contribution in [0.1, 0.15) is 38.2 Å². The lowest BCUT2D eigenvalue weighted by Gasteiger charge is -2.35. The fraction of sp³-hybridized carbons (Fsp3) is 0.562. The highest BCUT2D eigenvalue weighted by Crippen LogP contribution is 2.24. The zero-order valence-electron chi connectivity index (χ0n) is 12.3. The van der Waals surface area contributed by atoms with Gasteiger partial charge < -0.3 is 10.6 Å². The third kappa shape index (κ3) is 3.97.